The summed E-state index contributed by atoms with van der Waals surface area (Å²) in [5, 5.41) is 10.6. The van der Waals surface area contributed by atoms with Gasteiger partial charge in [-0.3, -0.25) is 10.1 Å². The molecule has 17 heavy (non-hydrogen) atoms. The molecule has 0 bridgehead atoms. The lowest BCUT2D eigenvalue weighted by atomic mass is 10.1. The maximum atomic E-state index is 10.6. The van der Waals surface area contributed by atoms with Gasteiger partial charge in [0.05, 0.1) is 19.1 Å². The smallest absolute Gasteiger partial charge is 0.243 e. The Bertz CT molecular complexity index is 471. The van der Waals surface area contributed by atoms with Gasteiger partial charge in [0.25, 0.3) is 0 Å². The zero-order chi connectivity index (χ0) is 13.0. The van der Waals surface area contributed by atoms with E-state index in [4.69, 9.17) is 9.47 Å². The molecule has 0 spiro atoms. The number of ether oxygens (including phenoxy) is 2. The van der Waals surface area contributed by atoms with Crippen LogP contribution in [0.25, 0.3) is 6.08 Å². The maximum Gasteiger partial charge on any atom is 0.243 e. The number of hydrogen-bond acceptors (Lipinski definition) is 4. The molecule has 0 aromatic heterocycles. The lowest BCUT2D eigenvalue weighted by Gasteiger charge is -2.09. The van der Waals surface area contributed by atoms with Crippen molar-refractivity contribution in [2.24, 2.45) is 0 Å². The molecule has 0 saturated carbocycles. The van der Waals surface area contributed by atoms with Crippen LogP contribution in [0.1, 0.15) is 12.5 Å². The first-order chi connectivity index (χ1) is 7.99. The number of rotatable bonds is 4. The number of methoxy groups -OCH3 is 2. The Labute approximate surface area is 107 Å². The Kier molecular flexibility index (Phi) is 4.51. The van der Waals surface area contributed by atoms with Crippen LogP contribution in [0, 0.1) is 10.1 Å². The van der Waals surface area contributed by atoms with Crippen LogP contribution in [0.2, 0.25) is 0 Å². The molecule has 0 amide bonds. The summed E-state index contributed by atoms with van der Waals surface area (Å²) in [7, 11) is 3.04. The van der Waals surface area contributed by atoms with Gasteiger partial charge in [-0.25, -0.2) is 0 Å². The number of hydrogen-bond donors (Lipinski definition) is 0. The summed E-state index contributed by atoms with van der Waals surface area (Å²) in [6, 6.07) is 3.38. The van der Waals surface area contributed by atoms with Gasteiger partial charge in [0, 0.05) is 17.5 Å². The van der Waals surface area contributed by atoms with Crippen molar-refractivity contribution in [2.45, 2.75) is 6.92 Å². The highest BCUT2D eigenvalue weighted by molar-refractivity contribution is 9.10. The van der Waals surface area contributed by atoms with Crippen molar-refractivity contribution >= 4 is 22.0 Å². The highest BCUT2D eigenvalue weighted by atomic mass is 79.9. The van der Waals surface area contributed by atoms with Gasteiger partial charge in [-0.2, -0.15) is 0 Å². The number of nitrogens with zero attached hydrogens (tertiary/aromatic N) is 1. The molecule has 0 unspecified atom stereocenters. The van der Waals surface area contributed by atoms with Crippen molar-refractivity contribution in [3.63, 3.8) is 0 Å². The Hall–Kier alpha value is -1.56. The van der Waals surface area contributed by atoms with Crippen LogP contribution >= 0.6 is 15.9 Å². The van der Waals surface area contributed by atoms with Crippen molar-refractivity contribution < 1.29 is 14.4 Å². The third-order valence-corrected chi connectivity index (χ3v) is 2.84. The van der Waals surface area contributed by atoms with Crippen molar-refractivity contribution in [1.82, 2.24) is 0 Å². The summed E-state index contributed by atoms with van der Waals surface area (Å²) in [5.74, 6) is 1.09. The highest BCUT2D eigenvalue weighted by Crippen LogP contribution is 2.34. The van der Waals surface area contributed by atoms with Gasteiger partial charge in [0.1, 0.15) is 0 Å². The fourth-order valence-corrected chi connectivity index (χ4v) is 1.70. The standard InChI is InChI=1S/C11H12BrNO4/c1-7(13(14)15)4-8-5-10(16-2)11(17-3)6-9(8)12/h4-6H,1-3H3/b7-4-. The summed E-state index contributed by atoms with van der Waals surface area (Å²) < 4.78 is 10.9. The zero-order valence-electron chi connectivity index (χ0n) is 9.69. The van der Waals surface area contributed by atoms with Gasteiger partial charge in [-0.05, 0) is 17.7 Å². The molecule has 0 aliphatic heterocycles. The summed E-state index contributed by atoms with van der Waals surface area (Å²) in [6.07, 6.45) is 1.46. The maximum absolute atomic E-state index is 10.6. The van der Waals surface area contributed by atoms with E-state index in [0.29, 0.717) is 21.5 Å². The van der Waals surface area contributed by atoms with E-state index in [1.807, 2.05) is 0 Å². The Morgan fingerprint density at radius 2 is 1.88 bits per heavy atom. The second-order valence-corrected chi connectivity index (χ2v) is 4.13. The monoisotopic (exact) mass is 301 g/mol. The van der Waals surface area contributed by atoms with E-state index in [1.165, 1.54) is 27.2 Å². The molecule has 0 aliphatic rings. The molecule has 1 aromatic rings. The van der Waals surface area contributed by atoms with E-state index < -0.39 is 4.92 Å². The highest BCUT2D eigenvalue weighted by Gasteiger charge is 2.10. The van der Waals surface area contributed by atoms with Gasteiger partial charge >= 0.3 is 0 Å². The zero-order valence-corrected chi connectivity index (χ0v) is 11.3. The summed E-state index contributed by atoms with van der Waals surface area (Å²) in [4.78, 5) is 10.1. The van der Waals surface area contributed by atoms with Gasteiger partial charge in [-0.15, -0.1) is 0 Å². The van der Waals surface area contributed by atoms with E-state index >= 15 is 0 Å². The van der Waals surface area contributed by atoms with Crippen LogP contribution in [-0.2, 0) is 0 Å². The normalized spacial score (nSPS) is 11.2. The molecular formula is C11H12BrNO4. The lowest BCUT2D eigenvalue weighted by Crippen LogP contribution is -1.95. The quantitative estimate of drug-likeness (QED) is 0.633. The number of nitro groups is 1. The Balaban J connectivity index is 3.26. The molecule has 1 aromatic carbocycles. The van der Waals surface area contributed by atoms with E-state index in [9.17, 15) is 10.1 Å². The minimum Gasteiger partial charge on any atom is -0.493 e. The Morgan fingerprint density at radius 3 is 2.35 bits per heavy atom. The molecule has 0 radical (unpaired) electrons. The third-order valence-electron chi connectivity index (χ3n) is 2.16. The number of benzene rings is 1. The molecule has 6 heteroatoms. The molecule has 5 nitrogen and oxygen atoms in total. The van der Waals surface area contributed by atoms with Crippen molar-refractivity contribution in [3.8, 4) is 11.5 Å². The van der Waals surface area contributed by atoms with E-state index in [2.05, 4.69) is 15.9 Å². The fraction of sp³-hybridized carbons (Fsp3) is 0.273. The summed E-state index contributed by atoms with van der Waals surface area (Å²) >= 11 is 3.33. The molecule has 0 N–H and O–H groups in total. The first-order valence-corrected chi connectivity index (χ1v) is 5.53. The van der Waals surface area contributed by atoms with Crippen LogP contribution < -0.4 is 9.47 Å². The second-order valence-electron chi connectivity index (χ2n) is 3.27. The van der Waals surface area contributed by atoms with E-state index in [-0.39, 0.29) is 5.70 Å². The largest absolute Gasteiger partial charge is 0.493 e. The Morgan fingerprint density at radius 1 is 1.35 bits per heavy atom. The van der Waals surface area contributed by atoms with E-state index in [0.717, 1.165) is 0 Å². The topological polar surface area (TPSA) is 61.6 Å². The summed E-state index contributed by atoms with van der Waals surface area (Å²) in [6.45, 7) is 1.43. The number of halogens is 1. The average Bonchev–Trinajstić information content (AvgIpc) is 2.30. The van der Waals surface area contributed by atoms with Gasteiger partial charge < -0.3 is 9.47 Å². The first kappa shape index (κ1) is 13.5. The first-order valence-electron chi connectivity index (χ1n) is 4.73. The van der Waals surface area contributed by atoms with Gasteiger partial charge in [0.15, 0.2) is 11.5 Å². The molecule has 92 valence electrons. The minimum atomic E-state index is -0.441. The fourth-order valence-electron chi connectivity index (χ4n) is 1.26. The van der Waals surface area contributed by atoms with Crippen molar-refractivity contribution in [3.05, 3.63) is 38.0 Å². The average molecular weight is 302 g/mol. The molecule has 1 rings (SSSR count). The number of allylic oxidation sites excluding steroid dienone is 1. The van der Waals surface area contributed by atoms with Crippen molar-refractivity contribution in [2.75, 3.05) is 14.2 Å². The second kappa shape index (κ2) is 5.67. The molecule has 0 aliphatic carbocycles. The van der Waals surface area contributed by atoms with Crippen LogP contribution in [0.5, 0.6) is 11.5 Å². The van der Waals surface area contributed by atoms with Gasteiger partial charge in [-0.1, -0.05) is 15.9 Å². The molecular weight excluding hydrogens is 290 g/mol. The lowest BCUT2D eigenvalue weighted by molar-refractivity contribution is -0.422. The summed E-state index contributed by atoms with van der Waals surface area (Å²) in [5.41, 5.74) is 0.717. The van der Waals surface area contributed by atoms with Gasteiger partial charge in [0.2, 0.25) is 5.70 Å². The van der Waals surface area contributed by atoms with Crippen molar-refractivity contribution in [1.29, 1.82) is 0 Å². The molecule has 0 saturated heterocycles. The predicted octanol–water partition coefficient (Wildman–Crippen LogP) is 3.10. The SMILES string of the molecule is COc1cc(Br)c(/C=C(/C)[N+](=O)[O-])cc1OC. The van der Waals surface area contributed by atoms with E-state index in [1.54, 1.807) is 12.1 Å². The van der Waals surface area contributed by atoms with Crippen LogP contribution in [0.15, 0.2) is 22.3 Å². The molecule has 0 fully saturated rings. The van der Waals surface area contributed by atoms with Crippen LogP contribution in [0.3, 0.4) is 0 Å². The third kappa shape index (κ3) is 3.20. The predicted molar refractivity (Wildman–Crippen MR) is 67.9 cm³/mol. The van der Waals surface area contributed by atoms with Crippen LogP contribution in [-0.4, -0.2) is 19.1 Å². The van der Waals surface area contributed by atoms with Crippen LogP contribution in [0.4, 0.5) is 0 Å². The molecule has 0 atom stereocenters. The minimum absolute atomic E-state index is 0.0536. The molecule has 0 heterocycles.